The molecule has 1 N–H and O–H groups in total. The van der Waals surface area contributed by atoms with Gasteiger partial charge < -0.3 is 5.32 Å². The lowest BCUT2D eigenvalue weighted by Gasteiger charge is -2.14. The number of hydrogen-bond donors (Lipinski definition) is 1. The first-order valence-electron chi connectivity index (χ1n) is 6.38. The number of anilines is 1. The summed E-state index contributed by atoms with van der Waals surface area (Å²) in [5.41, 5.74) is 4.25. The predicted molar refractivity (Wildman–Crippen MR) is 82.0 cm³/mol. The molecule has 0 fully saturated rings. The molecule has 2 aromatic rings. The summed E-state index contributed by atoms with van der Waals surface area (Å²) >= 11 is 3.27. The minimum Gasteiger partial charge on any atom is -0.380 e. The maximum absolute atomic E-state index is 13.8. The Bertz CT molecular complexity index is 581. The summed E-state index contributed by atoms with van der Waals surface area (Å²) in [6, 6.07) is 11.4. The van der Waals surface area contributed by atoms with Gasteiger partial charge in [0.25, 0.3) is 0 Å². The molecule has 0 bridgehead atoms. The van der Waals surface area contributed by atoms with E-state index in [0.29, 0.717) is 12.1 Å². The molecule has 0 aliphatic rings. The molecule has 0 amide bonds. The fourth-order valence-electron chi connectivity index (χ4n) is 2.12. The van der Waals surface area contributed by atoms with Gasteiger partial charge >= 0.3 is 0 Å². The van der Waals surface area contributed by atoms with Crippen molar-refractivity contribution in [1.29, 1.82) is 0 Å². The van der Waals surface area contributed by atoms with Crippen molar-refractivity contribution in [2.45, 2.75) is 26.8 Å². The molecular formula is C16H17BrFN. The molecule has 2 rings (SSSR count). The van der Waals surface area contributed by atoms with Crippen LogP contribution >= 0.6 is 15.9 Å². The van der Waals surface area contributed by atoms with Crippen LogP contribution < -0.4 is 5.32 Å². The molecule has 0 saturated heterocycles. The fourth-order valence-corrected chi connectivity index (χ4v) is 2.46. The summed E-state index contributed by atoms with van der Waals surface area (Å²) in [5, 5.41) is 3.35. The van der Waals surface area contributed by atoms with Crippen LogP contribution in [0.2, 0.25) is 0 Å². The van der Waals surface area contributed by atoms with E-state index in [9.17, 15) is 4.39 Å². The Kier molecular flexibility index (Phi) is 4.59. The number of rotatable bonds is 4. The standard InChI is InChI=1S/C16H17BrFN/c1-3-12-6-4-5-11(2)16(12)19-10-13-7-8-14(17)9-15(13)18/h4-9,19H,3,10H2,1-2H3. The van der Waals surface area contributed by atoms with Gasteiger partial charge in [0.15, 0.2) is 0 Å². The van der Waals surface area contributed by atoms with E-state index in [0.717, 1.165) is 16.6 Å². The van der Waals surface area contributed by atoms with Crippen LogP contribution in [-0.4, -0.2) is 0 Å². The molecule has 0 unspecified atom stereocenters. The molecule has 0 radical (unpaired) electrons. The molecule has 0 saturated carbocycles. The van der Waals surface area contributed by atoms with Gasteiger partial charge in [0.2, 0.25) is 0 Å². The largest absolute Gasteiger partial charge is 0.380 e. The molecule has 1 nitrogen and oxygen atoms in total. The Hall–Kier alpha value is -1.35. The summed E-state index contributed by atoms with van der Waals surface area (Å²) in [6.07, 6.45) is 0.965. The lowest BCUT2D eigenvalue weighted by atomic mass is 10.1. The smallest absolute Gasteiger partial charge is 0.129 e. The fraction of sp³-hybridized carbons (Fsp3) is 0.250. The summed E-state index contributed by atoms with van der Waals surface area (Å²) in [6.45, 7) is 4.69. The van der Waals surface area contributed by atoms with Crippen molar-refractivity contribution in [3.63, 3.8) is 0 Å². The molecule has 3 heteroatoms. The topological polar surface area (TPSA) is 12.0 Å². The van der Waals surface area contributed by atoms with Crippen molar-refractivity contribution in [2.24, 2.45) is 0 Å². The van der Waals surface area contributed by atoms with Gasteiger partial charge in [-0.1, -0.05) is 47.1 Å². The normalized spacial score (nSPS) is 10.5. The van der Waals surface area contributed by atoms with E-state index in [1.54, 1.807) is 6.07 Å². The minimum absolute atomic E-state index is 0.187. The van der Waals surface area contributed by atoms with Gasteiger partial charge in [-0.25, -0.2) is 4.39 Å². The van der Waals surface area contributed by atoms with E-state index in [1.807, 2.05) is 6.07 Å². The Morgan fingerprint density at radius 2 is 1.95 bits per heavy atom. The number of benzene rings is 2. The van der Waals surface area contributed by atoms with Crippen LogP contribution in [-0.2, 0) is 13.0 Å². The van der Waals surface area contributed by atoms with Crippen LogP contribution in [0.25, 0.3) is 0 Å². The monoisotopic (exact) mass is 321 g/mol. The summed E-state index contributed by atoms with van der Waals surface area (Å²) in [7, 11) is 0. The highest BCUT2D eigenvalue weighted by Gasteiger charge is 2.06. The first-order valence-corrected chi connectivity index (χ1v) is 7.17. The van der Waals surface area contributed by atoms with Crippen molar-refractivity contribution in [1.82, 2.24) is 0 Å². The van der Waals surface area contributed by atoms with Crippen molar-refractivity contribution >= 4 is 21.6 Å². The third kappa shape index (κ3) is 3.35. The van der Waals surface area contributed by atoms with Crippen LogP contribution in [0.15, 0.2) is 40.9 Å². The molecular weight excluding hydrogens is 305 g/mol. The Morgan fingerprint density at radius 3 is 2.63 bits per heavy atom. The minimum atomic E-state index is -0.187. The van der Waals surface area contributed by atoms with E-state index in [2.05, 4.69) is 53.3 Å². The molecule has 0 aliphatic heterocycles. The second-order valence-electron chi connectivity index (χ2n) is 4.55. The first kappa shape index (κ1) is 14.1. The number of halogens is 2. The van der Waals surface area contributed by atoms with Crippen LogP contribution in [0, 0.1) is 12.7 Å². The van der Waals surface area contributed by atoms with E-state index in [-0.39, 0.29) is 5.82 Å². The van der Waals surface area contributed by atoms with Gasteiger partial charge in [-0.05, 0) is 36.6 Å². The van der Waals surface area contributed by atoms with Crippen molar-refractivity contribution in [3.8, 4) is 0 Å². The quantitative estimate of drug-likeness (QED) is 0.828. The van der Waals surface area contributed by atoms with Gasteiger partial charge in [0.1, 0.15) is 5.82 Å². The van der Waals surface area contributed by atoms with Gasteiger partial charge in [0.05, 0.1) is 0 Å². The predicted octanol–water partition coefficient (Wildman–Crippen LogP) is 5.07. The van der Waals surface area contributed by atoms with Crippen LogP contribution in [0.3, 0.4) is 0 Å². The summed E-state index contributed by atoms with van der Waals surface area (Å²) in [5.74, 6) is -0.187. The van der Waals surface area contributed by atoms with Crippen molar-refractivity contribution in [2.75, 3.05) is 5.32 Å². The Labute approximate surface area is 122 Å². The number of nitrogens with one attached hydrogen (secondary N) is 1. The van der Waals surface area contributed by atoms with Gasteiger partial charge in [0, 0.05) is 22.3 Å². The SMILES string of the molecule is CCc1cccc(C)c1NCc1ccc(Br)cc1F. The van der Waals surface area contributed by atoms with Crippen molar-refractivity contribution < 1.29 is 4.39 Å². The Morgan fingerprint density at radius 1 is 1.16 bits per heavy atom. The molecule has 0 aliphatic carbocycles. The van der Waals surface area contributed by atoms with Crippen LogP contribution in [0.4, 0.5) is 10.1 Å². The number of aryl methyl sites for hydroxylation is 2. The van der Waals surface area contributed by atoms with Gasteiger partial charge in [-0.15, -0.1) is 0 Å². The molecule has 100 valence electrons. The molecule has 0 heterocycles. The first-order chi connectivity index (χ1) is 9.11. The Balaban J connectivity index is 2.19. The average molecular weight is 322 g/mol. The zero-order valence-electron chi connectivity index (χ0n) is 11.1. The molecule has 0 atom stereocenters. The van der Waals surface area contributed by atoms with E-state index in [4.69, 9.17) is 0 Å². The highest BCUT2D eigenvalue weighted by Crippen LogP contribution is 2.23. The van der Waals surface area contributed by atoms with Crippen LogP contribution in [0.5, 0.6) is 0 Å². The second kappa shape index (κ2) is 6.20. The molecule has 0 spiro atoms. The second-order valence-corrected chi connectivity index (χ2v) is 5.47. The van der Waals surface area contributed by atoms with E-state index >= 15 is 0 Å². The van der Waals surface area contributed by atoms with Gasteiger partial charge in [-0.2, -0.15) is 0 Å². The molecule has 0 aromatic heterocycles. The van der Waals surface area contributed by atoms with E-state index < -0.39 is 0 Å². The van der Waals surface area contributed by atoms with Crippen molar-refractivity contribution in [3.05, 3.63) is 63.4 Å². The maximum Gasteiger partial charge on any atom is 0.129 e. The third-order valence-electron chi connectivity index (χ3n) is 3.21. The summed E-state index contributed by atoms with van der Waals surface area (Å²) < 4.78 is 14.5. The average Bonchev–Trinajstić information content (AvgIpc) is 2.39. The molecule has 2 aromatic carbocycles. The zero-order valence-corrected chi connectivity index (χ0v) is 12.7. The highest BCUT2D eigenvalue weighted by atomic mass is 79.9. The third-order valence-corrected chi connectivity index (χ3v) is 3.70. The van der Waals surface area contributed by atoms with Gasteiger partial charge in [-0.3, -0.25) is 0 Å². The molecule has 19 heavy (non-hydrogen) atoms. The highest BCUT2D eigenvalue weighted by molar-refractivity contribution is 9.10. The lowest BCUT2D eigenvalue weighted by molar-refractivity contribution is 0.612. The zero-order chi connectivity index (χ0) is 13.8. The lowest BCUT2D eigenvalue weighted by Crippen LogP contribution is -2.05. The van der Waals surface area contributed by atoms with Crippen LogP contribution in [0.1, 0.15) is 23.6 Å². The number of para-hydroxylation sites is 1. The summed E-state index contributed by atoms with van der Waals surface area (Å²) in [4.78, 5) is 0. The van der Waals surface area contributed by atoms with E-state index in [1.165, 1.54) is 17.2 Å². The maximum atomic E-state index is 13.8. The number of hydrogen-bond acceptors (Lipinski definition) is 1.